The van der Waals surface area contributed by atoms with Crippen molar-refractivity contribution >= 4 is 11.8 Å². The topological polar surface area (TPSA) is 40.6 Å². The fourth-order valence-electron chi connectivity index (χ4n) is 3.11. The Balaban J connectivity index is 2.04. The average Bonchev–Trinajstić information content (AvgIpc) is 2.67. The lowest BCUT2D eigenvalue weighted by atomic mass is 9.92. The van der Waals surface area contributed by atoms with Crippen molar-refractivity contribution in [2.75, 3.05) is 14.1 Å². The molecule has 2 aromatic carbocycles. The maximum absolute atomic E-state index is 12.8. The number of carbonyl (C=O) groups excluding carboxylic acids is 2. The number of carbonyl (C=O) groups is 2. The first-order chi connectivity index (χ1) is 13.4. The molecule has 4 heteroatoms. The summed E-state index contributed by atoms with van der Waals surface area (Å²) >= 11 is 0. The van der Waals surface area contributed by atoms with E-state index in [2.05, 4.69) is 26.0 Å². The SMILES string of the molecule is CN(C(=O)Cc1ccc(CC(C)(C)N(C)C(=O)c2ccccc2)cc1)C(C)(C)C. The van der Waals surface area contributed by atoms with Crippen molar-refractivity contribution in [3.05, 3.63) is 71.3 Å². The van der Waals surface area contributed by atoms with Crippen LogP contribution in [0, 0.1) is 0 Å². The number of benzene rings is 2. The van der Waals surface area contributed by atoms with E-state index in [-0.39, 0.29) is 22.9 Å². The van der Waals surface area contributed by atoms with Crippen molar-refractivity contribution < 1.29 is 9.59 Å². The van der Waals surface area contributed by atoms with Crippen molar-refractivity contribution in [2.45, 2.75) is 58.5 Å². The van der Waals surface area contributed by atoms with Crippen LogP contribution in [-0.4, -0.2) is 46.8 Å². The van der Waals surface area contributed by atoms with Crippen molar-refractivity contribution in [2.24, 2.45) is 0 Å². The molecule has 0 unspecified atom stereocenters. The first-order valence-corrected chi connectivity index (χ1v) is 10.1. The molecule has 0 N–H and O–H groups in total. The molecule has 0 saturated carbocycles. The van der Waals surface area contributed by atoms with Gasteiger partial charge in [0.15, 0.2) is 0 Å². The Morgan fingerprint density at radius 1 is 0.759 bits per heavy atom. The molecule has 2 amide bonds. The van der Waals surface area contributed by atoms with Crippen molar-refractivity contribution in [3.63, 3.8) is 0 Å². The third kappa shape index (κ3) is 5.93. The van der Waals surface area contributed by atoms with Gasteiger partial charge >= 0.3 is 0 Å². The molecule has 0 radical (unpaired) electrons. The molecule has 0 heterocycles. The Morgan fingerprint density at radius 3 is 1.79 bits per heavy atom. The number of likely N-dealkylation sites (N-methyl/N-ethyl adjacent to an activating group) is 2. The van der Waals surface area contributed by atoms with E-state index in [1.54, 1.807) is 9.80 Å². The first-order valence-electron chi connectivity index (χ1n) is 10.1. The fraction of sp³-hybridized carbons (Fsp3) is 0.440. The van der Waals surface area contributed by atoms with E-state index >= 15 is 0 Å². The Hall–Kier alpha value is -2.62. The molecule has 4 nitrogen and oxygen atoms in total. The number of hydrogen-bond acceptors (Lipinski definition) is 2. The summed E-state index contributed by atoms with van der Waals surface area (Å²) in [5, 5.41) is 0. The van der Waals surface area contributed by atoms with Gasteiger partial charge < -0.3 is 9.80 Å². The van der Waals surface area contributed by atoms with E-state index in [1.165, 1.54) is 0 Å². The van der Waals surface area contributed by atoms with Gasteiger partial charge in [0.05, 0.1) is 6.42 Å². The van der Waals surface area contributed by atoms with Crippen LogP contribution in [0.1, 0.15) is 56.1 Å². The van der Waals surface area contributed by atoms with Gasteiger partial charge in [-0.25, -0.2) is 0 Å². The van der Waals surface area contributed by atoms with Gasteiger partial charge in [0, 0.05) is 30.7 Å². The Morgan fingerprint density at radius 2 is 1.28 bits per heavy atom. The van der Waals surface area contributed by atoms with Crippen LogP contribution in [0.25, 0.3) is 0 Å². The summed E-state index contributed by atoms with van der Waals surface area (Å²) in [6, 6.07) is 17.5. The van der Waals surface area contributed by atoms with Crippen molar-refractivity contribution in [1.82, 2.24) is 9.80 Å². The van der Waals surface area contributed by atoms with Crippen LogP contribution >= 0.6 is 0 Å². The molecule has 0 aliphatic carbocycles. The second kappa shape index (κ2) is 8.81. The van der Waals surface area contributed by atoms with Gasteiger partial charge in [-0.1, -0.05) is 42.5 Å². The van der Waals surface area contributed by atoms with E-state index in [4.69, 9.17) is 0 Å². The summed E-state index contributed by atoms with van der Waals surface area (Å²) in [6.07, 6.45) is 1.13. The molecule has 29 heavy (non-hydrogen) atoms. The average molecular weight is 395 g/mol. The summed E-state index contributed by atoms with van der Waals surface area (Å²) in [4.78, 5) is 28.8. The van der Waals surface area contributed by atoms with E-state index in [9.17, 15) is 9.59 Å². The highest BCUT2D eigenvalue weighted by Gasteiger charge is 2.28. The minimum absolute atomic E-state index is 0.0167. The molecule has 0 aliphatic rings. The normalized spacial score (nSPS) is 11.8. The van der Waals surface area contributed by atoms with E-state index in [0.717, 1.165) is 17.5 Å². The molecule has 156 valence electrons. The summed E-state index contributed by atoms with van der Waals surface area (Å²) in [5.74, 6) is 0.127. The molecule has 0 atom stereocenters. The van der Waals surface area contributed by atoms with E-state index < -0.39 is 0 Å². The lowest BCUT2D eigenvalue weighted by Crippen LogP contribution is -2.46. The largest absolute Gasteiger partial charge is 0.341 e. The van der Waals surface area contributed by atoms with Gasteiger partial charge in [-0.15, -0.1) is 0 Å². The standard InChI is InChI=1S/C25H34N2O2/c1-24(2,3)26(6)22(28)17-19-13-15-20(16-14-19)18-25(4,5)27(7)23(29)21-11-9-8-10-12-21/h8-16H,17-18H2,1-7H3. The molecule has 0 aliphatic heterocycles. The number of nitrogens with zero attached hydrogens (tertiary/aromatic N) is 2. The number of amides is 2. The first kappa shape index (κ1) is 22.7. The zero-order valence-electron chi connectivity index (χ0n) is 18.8. The number of hydrogen-bond donors (Lipinski definition) is 0. The molecule has 0 fully saturated rings. The predicted molar refractivity (Wildman–Crippen MR) is 119 cm³/mol. The van der Waals surface area contributed by atoms with Gasteiger partial charge in [0.25, 0.3) is 5.91 Å². The van der Waals surface area contributed by atoms with Crippen LogP contribution in [0.3, 0.4) is 0 Å². The third-order valence-electron chi connectivity index (χ3n) is 5.63. The molecule has 2 aromatic rings. The highest BCUT2D eigenvalue weighted by atomic mass is 16.2. The second-order valence-corrected chi connectivity index (χ2v) is 9.34. The third-order valence-corrected chi connectivity index (χ3v) is 5.63. The smallest absolute Gasteiger partial charge is 0.254 e. The van der Waals surface area contributed by atoms with Crippen LogP contribution in [0.5, 0.6) is 0 Å². The number of rotatable bonds is 6. The summed E-state index contributed by atoms with van der Waals surface area (Å²) in [7, 11) is 3.70. The van der Waals surface area contributed by atoms with Crippen LogP contribution in [-0.2, 0) is 17.6 Å². The molecule has 0 spiro atoms. The fourth-order valence-corrected chi connectivity index (χ4v) is 3.11. The molecular weight excluding hydrogens is 360 g/mol. The Bertz CT molecular complexity index is 833. The molecule has 2 rings (SSSR count). The lowest BCUT2D eigenvalue weighted by molar-refractivity contribution is -0.133. The van der Waals surface area contributed by atoms with E-state index in [1.807, 2.05) is 77.3 Å². The van der Waals surface area contributed by atoms with Gasteiger partial charge in [-0.3, -0.25) is 9.59 Å². The Labute approximate surface area is 175 Å². The zero-order valence-corrected chi connectivity index (χ0v) is 18.8. The van der Waals surface area contributed by atoms with Gasteiger partial charge in [0.1, 0.15) is 0 Å². The molecule has 0 saturated heterocycles. The quantitative estimate of drug-likeness (QED) is 0.720. The maximum atomic E-state index is 12.8. The minimum atomic E-state index is -0.337. The van der Waals surface area contributed by atoms with Crippen molar-refractivity contribution in [1.29, 1.82) is 0 Å². The minimum Gasteiger partial charge on any atom is -0.341 e. The van der Waals surface area contributed by atoms with Crippen molar-refractivity contribution in [3.8, 4) is 0 Å². The zero-order chi connectivity index (χ0) is 21.8. The van der Waals surface area contributed by atoms with Crippen LogP contribution in [0.15, 0.2) is 54.6 Å². The van der Waals surface area contributed by atoms with Gasteiger partial charge in [0.2, 0.25) is 5.91 Å². The van der Waals surface area contributed by atoms with Gasteiger partial charge in [-0.2, -0.15) is 0 Å². The van der Waals surface area contributed by atoms with Crippen LogP contribution in [0.4, 0.5) is 0 Å². The summed E-state index contributed by atoms with van der Waals surface area (Å²) in [5.41, 5.74) is 2.32. The monoisotopic (exact) mass is 394 g/mol. The second-order valence-electron chi connectivity index (χ2n) is 9.34. The molecule has 0 aromatic heterocycles. The lowest BCUT2D eigenvalue weighted by Gasteiger charge is -2.36. The predicted octanol–water partition coefficient (Wildman–Crippen LogP) is 4.58. The summed E-state index contributed by atoms with van der Waals surface area (Å²) in [6.45, 7) is 10.2. The highest BCUT2D eigenvalue weighted by Crippen LogP contribution is 2.22. The van der Waals surface area contributed by atoms with Gasteiger partial charge in [-0.05, 0) is 64.3 Å². The highest BCUT2D eigenvalue weighted by molar-refractivity contribution is 5.94. The maximum Gasteiger partial charge on any atom is 0.254 e. The summed E-state index contributed by atoms with van der Waals surface area (Å²) < 4.78 is 0. The van der Waals surface area contributed by atoms with E-state index in [0.29, 0.717) is 12.0 Å². The Kier molecular flexibility index (Phi) is 6.89. The van der Waals surface area contributed by atoms with Crippen LogP contribution < -0.4 is 0 Å². The molecule has 0 bridgehead atoms. The molecular formula is C25H34N2O2. The van der Waals surface area contributed by atoms with Crippen LogP contribution in [0.2, 0.25) is 0 Å².